The van der Waals surface area contributed by atoms with E-state index in [2.05, 4.69) is 0 Å². The van der Waals surface area contributed by atoms with Gasteiger partial charge < -0.3 is 14.9 Å². The van der Waals surface area contributed by atoms with Crippen LogP contribution >= 0.6 is 24.0 Å². The first-order valence-electron chi connectivity index (χ1n) is 4.93. The van der Waals surface area contributed by atoms with Gasteiger partial charge in [-0.15, -0.1) is 12.4 Å². The lowest BCUT2D eigenvalue weighted by atomic mass is 10.2. The topological polar surface area (TPSA) is 48.4 Å². The van der Waals surface area contributed by atoms with E-state index in [0.717, 1.165) is 17.1 Å². The number of furan rings is 1. The largest absolute Gasteiger partial charge is 0.485 e. The summed E-state index contributed by atoms with van der Waals surface area (Å²) >= 11 is 5.87. The summed E-state index contributed by atoms with van der Waals surface area (Å²) in [6, 6.07) is 9.08. The SMILES string of the molecule is Cl.NCc1cc(Cl)ccc1OCc1ccco1. The van der Waals surface area contributed by atoms with Gasteiger partial charge in [0.15, 0.2) is 0 Å². The molecular formula is C12H13Cl2NO2. The molecule has 1 aromatic heterocycles. The lowest BCUT2D eigenvalue weighted by Gasteiger charge is -2.09. The highest BCUT2D eigenvalue weighted by molar-refractivity contribution is 6.30. The maximum Gasteiger partial charge on any atom is 0.146 e. The van der Waals surface area contributed by atoms with E-state index < -0.39 is 0 Å². The van der Waals surface area contributed by atoms with Crippen LogP contribution in [0.5, 0.6) is 5.75 Å². The summed E-state index contributed by atoms with van der Waals surface area (Å²) in [6.45, 7) is 0.787. The highest BCUT2D eigenvalue weighted by Gasteiger charge is 2.04. The van der Waals surface area contributed by atoms with Crippen molar-refractivity contribution in [3.63, 3.8) is 0 Å². The lowest BCUT2D eigenvalue weighted by Crippen LogP contribution is -2.02. The Labute approximate surface area is 111 Å². The summed E-state index contributed by atoms with van der Waals surface area (Å²) in [6.07, 6.45) is 1.62. The Hall–Kier alpha value is -1.16. The molecule has 2 aromatic rings. The van der Waals surface area contributed by atoms with Crippen molar-refractivity contribution >= 4 is 24.0 Å². The van der Waals surface area contributed by atoms with Crippen LogP contribution in [0.15, 0.2) is 41.0 Å². The minimum atomic E-state index is 0. The highest BCUT2D eigenvalue weighted by atomic mass is 35.5. The molecule has 1 aromatic carbocycles. The third-order valence-electron chi connectivity index (χ3n) is 2.19. The second kappa shape index (κ2) is 6.55. The first-order chi connectivity index (χ1) is 7.79. The van der Waals surface area contributed by atoms with Crippen LogP contribution in [-0.4, -0.2) is 0 Å². The average molecular weight is 274 g/mol. The molecule has 0 fully saturated rings. The molecular weight excluding hydrogens is 261 g/mol. The number of rotatable bonds is 4. The summed E-state index contributed by atoms with van der Waals surface area (Å²) in [4.78, 5) is 0. The first-order valence-corrected chi connectivity index (χ1v) is 5.31. The first kappa shape index (κ1) is 13.9. The summed E-state index contributed by atoms with van der Waals surface area (Å²) in [5.41, 5.74) is 6.49. The van der Waals surface area contributed by atoms with Crippen molar-refractivity contribution in [2.45, 2.75) is 13.2 Å². The van der Waals surface area contributed by atoms with Crippen molar-refractivity contribution in [1.29, 1.82) is 0 Å². The van der Waals surface area contributed by atoms with E-state index in [1.807, 2.05) is 18.2 Å². The molecule has 0 atom stereocenters. The minimum Gasteiger partial charge on any atom is -0.485 e. The molecule has 17 heavy (non-hydrogen) atoms. The Kier molecular flexibility index (Phi) is 5.35. The van der Waals surface area contributed by atoms with E-state index in [-0.39, 0.29) is 12.4 Å². The van der Waals surface area contributed by atoms with Gasteiger partial charge in [-0.3, -0.25) is 0 Å². The number of benzene rings is 1. The van der Waals surface area contributed by atoms with Crippen molar-refractivity contribution in [3.05, 3.63) is 52.9 Å². The number of hydrogen-bond acceptors (Lipinski definition) is 3. The summed E-state index contributed by atoms with van der Waals surface area (Å²) in [5.74, 6) is 1.52. The second-order valence-corrected chi connectivity index (χ2v) is 3.76. The van der Waals surface area contributed by atoms with Crippen molar-refractivity contribution in [1.82, 2.24) is 0 Å². The van der Waals surface area contributed by atoms with Crippen LogP contribution in [0.3, 0.4) is 0 Å². The zero-order valence-corrected chi connectivity index (χ0v) is 10.6. The summed E-state index contributed by atoms with van der Waals surface area (Å²) in [7, 11) is 0. The fraction of sp³-hybridized carbons (Fsp3) is 0.167. The van der Waals surface area contributed by atoms with E-state index in [4.69, 9.17) is 26.5 Å². The molecule has 0 aliphatic carbocycles. The van der Waals surface area contributed by atoms with Gasteiger partial charge >= 0.3 is 0 Å². The highest BCUT2D eigenvalue weighted by Crippen LogP contribution is 2.23. The Morgan fingerprint density at radius 3 is 2.76 bits per heavy atom. The molecule has 2 N–H and O–H groups in total. The van der Waals surface area contributed by atoms with E-state index in [1.165, 1.54) is 0 Å². The zero-order valence-electron chi connectivity index (χ0n) is 9.06. The van der Waals surface area contributed by atoms with Gasteiger partial charge in [-0.25, -0.2) is 0 Å². The van der Waals surface area contributed by atoms with Crippen LogP contribution in [0.1, 0.15) is 11.3 Å². The molecule has 0 radical (unpaired) electrons. The van der Waals surface area contributed by atoms with Gasteiger partial charge in [0.25, 0.3) is 0 Å². The number of halogens is 2. The molecule has 92 valence electrons. The fourth-order valence-corrected chi connectivity index (χ4v) is 1.59. The molecule has 2 rings (SSSR count). The predicted octanol–water partition coefficient (Wildman–Crippen LogP) is 3.39. The molecule has 0 aliphatic heterocycles. The molecule has 0 aliphatic rings. The Balaban J connectivity index is 0.00000144. The van der Waals surface area contributed by atoms with Gasteiger partial charge in [-0.2, -0.15) is 0 Å². The number of ether oxygens (including phenoxy) is 1. The Morgan fingerprint density at radius 1 is 1.29 bits per heavy atom. The number of hydrogen-bond donors (Lipinski definition) is 1. The van der Waals surface area contributed by atoms with Gasteiger partial charge in [0.2, 0.25) is 0 Å². The normalized spacial score (nSPS) is 9.76. The summed E-state index contributed by atoms with van der Waals surface area (Å²) in [5, 5.41) is 0.658. The molecule has 0 bridgehead atoms. The van der Waals surface area contributed by atoms with Crippen LogP contribution in [0, 0.1) is 0 Å². The third kappa shape index (κ3) is 3.66. The van der Waals surface area contributed by atoms with E-state index in [0.29, 0.717) is 18.2 Å². The molecule has 3 nitrogen and oxygen atoms in total. The quantitative estimate of drug-likeness (QED) is 0.929. The van der Waals surface area contributed by atoms with Crippen molar-refractivity contribution in [2.75, 3.05) is 0 Å². The van der Waals surface area contributed by atoms with Gasteiger partial charge in [-0.05, 0) is 30.3 Å². The van der Waals surface area contributed by atoms with Gasteiger partial charge in [0.05, 0.1) is 6.26 Å². The fourth-order valence-electron chi connectivity index (χ4n) is 1.39. The van der Waals surface area contributed by atoms with E-state index in [9.17, 15) is 0 Å². The third-order valence-corrected chi connectivity index (χ3v) is 2.43. The van der Waals surface area contributed by atoms with Gasteiger partial charge in [0.1, 0.15) is 18.1 Å². The zero-order chi connectivity index (χ0) is 11.4. The van der Waals surface area contributed by atoms with Crippen LogP contribution in [0.4, 0.5) is 0 Å². The summed E-state index contributed by atoms with van der Waals surface area (Å²) < 4.78 is 10.8. The van der Waals surface area contributed by atoms with Crippen LogP contribution in [0.2, 0.25) is 5.02 Å². The molecule has 0 unspecified atom stereocenters. The molecule has 1 heterocycles. The van der Waals surface area contributed by atoms with Gasteiger partial charge in [0, 0.05) is 17.1 Å². The van der Waals surface area contributed by atoms with E-state index in [1.54, 1.807) is 18.4 Å². The van der Waals surface area contributed by atoms with Crippen LogP contribution < -0.4 is 10.5 Å². The average Bonchev–Trinajstić information content (AvgIpc) is 2.80. The molecule has 0 amide bonds. The number of nitrogens with two attached hydrogens (primary N) is 1. The predicted molar refractivity (Wildman–Crippen MR) is 69.6 cm³/mol. The molecule has 0 spiro atoms. The Bertz CT molecular complexity index is 458. The van der Waals surface area contributed by atoms with Crippen molar-refractivity contribution in [3.8, 4) is 5.75 Å². The molecule has 0 saturated carbocycles. The second-order valence-electron chi connectivity index (χ2n) is 3.32. The minimum absolute atomic E-state index is 0. The smallest absolute Gasteiger partial charge is 0.146 e. The monoisotopic (exact) mass is 273 g/mol. The lowest BCUT2D eigenvalue weighted by molar-refractivity contribution is 0.268. The maximum atomic E-state index is 5.87. The standard InChI is InChI=1S/C12H12ClNO2.ClH/c13-10-3-4-12(9(6-10)7-14)16-8-11-2-1-5-15-11;/h1-6H,7-8,14H2;1H. The maximum absolute atomic E-state index is 5.87. The van der Waals surface area contributed by atoms with Crippen molar-refractivity contribution in [2.24, 2.45) is 5.73 Å². The molecule has 5 heteroatoms. The van der Waals surface area contributed by atoms with Crippen molar-refractivity contribution < 1.29 is 9.15 Å². The Morgan fingerprint density at radius 2 is 2.12 bits per heavy atom. The van der Waals surface area contributed by atoms with E-state index >= 15 is 0 Å². The van der Waals surface area contributed by atoms with Crippen LogP contribution in [-0.2, 0) is 13.2 Å². The van der Waals surface area contributed by atoms with Gasteiger partial charge in [-0.1, -0.05) is 11.6 Å². The van der Waals surface area contributed by atoms with Crippen LogP contribution in [0.25, 0.3) is 0 Å². The molecule has 0 saturated heterocycles.